The van der Waals surface area contributed by atoms with Crippen LogP contribution in [-0.4, -0.2) is 18.5 Å². The first-order valence-corrected chi connectivity index (χ1v) is 9.09. The van der Waals surface area contributed by atoms with Gasteiger partial charge in [0.25, 0.3) is 5.91 Å². The number of aryl methyl sites for hydroxylation is 2. The molecule has 0 aliphatic rings. The highest BCUT2D eigenvalue weighted by Gasteiger charge is 2.11. The van der Waals surface area contributed by atoms with Crippen LogP contribution in [0.15, 0.2) is 39.9 Å². The summed E-state index contributed by atoms with van der Waals surface area (Å²) in [6, 6.07) is 5.53. The second-order valence-corrected chi connectivity index (χ2v) is 6.81. The first-order chi connectivity index (χ1) is 12.0. The summed E-state index contributed by atoms with van der Waals surface area (Å²) in [4.78, 5) is 24.4. The largest absolute Gasteiger partial charge is 0.452 e. The van der Waals surface area contributed by atoms with Crippen LogP contribution in [0.25, 0.3) is 6.08 Å². The molecule has 0 atom stereocenters. The molecule has 0 fully saturated rings. The predicted molar refractivity (Wildman–Crippen MR) is 100 cm³/mol. The number of nitrogens with zero attached hydrogens (tertiary/aromatic N) is 1. The summed E-state index contributed by atoms with van der Waals surface area (Å²) in [5, 5.41) is 17.3. The summed E-state index contributed by atoms with van der Waals surface area (Å²) in [6.07, 6.45) is 2.93. The number of hydrogen-bond acceptors (Lipinski definition) is 6. The highest BCUT2D eigenvalue weighted by atomic mass is 32.2. The van der Waals surface area contributed by atoms with E-state index in [0.29, 0.717) is 5.69 Å². The summed E-state index contributed by atoms with van der Waals surface area (Å²) in [5.41, 5.74) is 3.26. The molecule has 1 heterocycles. The van der Waals surface area contributed by atoms with Gasteiger partial charge in [0.2, 0.25) is 0 Å². The van der Waals surface area contributed by atoms with Gasteiger partial charge in [-0.05, 0) is 77.3 Å². The number of nitrogens with one attached hydrogen (secondary N) is 1. The molecule has 25 heavy (non-hydrogen) atoms. The SMILES string of the molecule is Cc1cc(SC#N)cc(C)c1NC(=O)COC(=O)/C=C/c1ccsc1. The third-order valence-corrected chi connectivity index (χ3v) is 4.50. The van der Waals surface area contributed by atoms with Crippen LogP contribution in [0.3, 0.4) is 0 Å². The third-order valence-electron chi connectivity index (χ3n) is 3.23. The minimum Gasteiger partial charge on any atom is -0.452 e. The van der Waals surface area contributed by atoms with E-state index in [1.54, 1.807) is 6.08 Å². The molecule has 7 heteroatoms. The number of anilines is 1. The van der Waals surface area contributed by atoms with Crippen LogP contribution in [0, 0.1) is 24.5 Å². The summed E-state index contributed by atoms with van der Waals surface area (Å²) in [6.45, 7) is 3.33. The van der Waals surface area contributed by atoms with Crippen molar-refractivity contribution in [1.29, 1.82) is 5.26 Å². The van der Waals surface area contributed by atoms with Gasteiger partial charge in [-0.3, -0.25) is 4.79 Å². The lowest BCUT2D eigenvalue weighted by atomic mass is 10.1. The topological polar surface area (TPSA) is 79.2 Å². The normalized spacial score (nSPS) is 10.4. The number of carbonyl (C=O) groups excluding carboxylic acids is 2. The maximum atomic E-state index is 12.0. The predicted octanol–water partition coefficient (Wildman–Crippen LogP) is 4.13. The lowest BCUT2D eigenvalue weighted by molar-refractivity contribution is -0.142. The van der Waals surface area contributed by atoms with E-state index < -0.39 is 11.9 Å². The van der Waals surface area contributed by atoms with E-state index in [-0.39, 0.29) is 6.61 Å². The number of esters is 1. The fourth-order valence-corrected chi connectivity index (χ4v) is 3.33. The Bertz CT molecular complexity index is 813. The standard InChI is InChI=1S/C18H16N2O3S2/c1-12-7-15(25-11-19)8-13(2)18(12)20-16(21)9-23-17(22)4-3-14-5-6-24-10-14/h3-8,10H,9H2,1-2H3,(H,20,21)/b4-3+. The van der Waals surface area contributed by atoms with Gasteiger partial charge < -0.3 is 10.1 Å². The van der Waals surface area contributed by atoms with Crippen molar-refractivity contribution in [3.8, 4) is 5.40 Å². The molecule has 5 nitrogen and oxygen atoms in total. The summed E-state index contributed by atoms with van der Waals surface area (Å²) < 4.78 is 4.93. The molecule has 0 unspecified atom stereocenters. The number of amides is 1. The van der Waals surface area contributed by atoms with Gasteiger partial charge in [0.05, 0.1) is 0 Å². The second kappa shape index (κ2) is 9.06. The van der Waals surface area contributed by atoms with E-state index in [9.17, 15) is 9.59 Å². The van der Waals surface area contributed by atoms with Gasteiger partial charge in [-0.15, -0.1) is 0 Å². The molecule has 2 aromatic rings. The van der Waals surface area contributed by atoms with Crippen LogP contribution in [0.4, 0.5) is 5.69 Å². The van der Waals surface area contributed by atoms with Gasteiger partial charge in [0.1, 0.15) is 5.40 Å². The van der Waals surface area contributed by atoms with Gasteiger partial charge in [-0.1, -0.05) is 0 Å². The van der Waals surface area contributed by atoms with Crippen molar-refractivity contribution in [3.63, 3.8) is 0 Å². The van der Waals surface area contributed by atoms with Gasteiger partial charge in [0.15, 0.2) is 6.61 Å². The van der Waals surface area contributed by atoms with Crippen molar-refractivity contribution in [2.24, 2.45) is 0 Å². The van der Waals surface area contributed by atoms with Gasteiger partial charge >= 0.3 is 5.97 Å². The average molecular weight is 372 g/mol. The molecule has 0 aliphatic heterocycles. The number of carbonyl (C=O) groups is 2. The Labute approximate surface area is 154 Å². The van der Waals surface area contributed by atoms with Gasteiger partial charge in [0, 0.05) is 16.7 Å². The van der Waals surface area contributed by atoms with E-state index in [2.05, 4.69) is 5.32 Å². The van der Waals surface area contributed by atoms with Crippen molar-refractivity contribution < 1.29 is 14.3 Å². The number of nitriles is 1. The third kappa shape index (κ3) is 5.78. The molecule has 1 amide bonds. The van der Waals surface area contributed by atoms with E-state index in [0.717, 1.165) is 33.3 Å². The molecular weight excluding hydrogens is 356 g/mol. The molecule has 0 saturated carbocycles. The first-order valence-electron chi connectivity index (χ1n) is 7.33. The van der Waals surface area contributed by atoms with E-state index in [4.69, 9.17) is 10.00 Å². The lowest BCUT2D eigenvalue weighted by Crippen LogP contribution is -2.21. The van der Waals surface area contributed by atoms with Crippen LogP contribution in [0.1, 0.15) is 16.7 Å². The molecule has 1 aromatic heterocycles. The number of rotatable bonds is 6. The number of thioether (sulfide) groups is 1. The summed E-state index contributed by atoms with van der Waals surface area (Å²) in [5.74, 6) is -0.986. The molecule has 0 radical (unpaired) electrons. The minimum atomic E-state index is -0.574. The number of thiocyanates is 1. The highest BCUT2D eigenvalue weighted by molar-refractivity contribution is 8.03. The van der Waals surface area contributed by atoms with Crippen molar-refractivity contribution in [2.45, 2.75) is 18.7 Å². The Morgan fingerprint density at radius 1 is 1.36 bits per heavy atom. The molecule has 0 saturated heterocycles. The Morgan fingerprint density at radius 3 is 2.68 bits per heavy atom. The zero-order valence-corrected chi connectivity index (χ0v) is 15.4. The van der Waals surface area contributed by atoms with Crippen LogP contribution < -0.4 is 5.32 Å². The zero-order valence-electron chi connectivity index (χ0n) is 13.7. The maximum absolute atomic E-state index is 12.0. The molecule has 128 valence electrons. The molecule has 0 spiro atoms. The van der Waals surface area contributed by atoms with Crippen LogP contribution in [0.5, 0.6) is 0 Å². The number of ether oxygens (including phenoxy) is 1. The fourth-order valence-electron chi connectivity index (χ4n) is 2.13. The molecule has 1 aromatic carbocycles. The lowest BCUT2D eigenvalue weighted by Gasteiger charge is -2.12. The van der Waals surface area contributed by atoms with Crippen molar-refractivity contribution in [1.82, 2.24) is 0 Å². The second-order valence-electron chi connectivity index (χ2n) is 5.17. The van der Waals surface area contributed by atoms with Crippen molar-refractivity contribution >= 4 is 46.7 Å². The molecule has 2 rings (SSSR count). The van der Waals surface area contributed by atoms with Crippen molar-refractivity contribution in [2.75, 3.05) is 11.9 Å². The van der Waals surface area contributed by atoms with Gasteiger partial charge in [-0.2, -0.15) is 16.6 Å². The number of hydrogen-bond donors (Lipinski definition) is 1. The smallest absolute Gasteiger partial charge is 0.331 e. The van der Waals surface area contributed by atoms with E-state index in [1.807, 2.05) is 48.2 Å². The first kappa shape index (κ1) is 18.8. The Morgan fingerprint density at radius 2 is 2.08 bits per heavy atom. The summed E-state index contributed by atoms with van der Waals surface area (Å²) in [7, 11) is 0. The Hall–Kier alpha value is -2.56. The van der Waals surface area contributed by atoms with Crippen LogP contribution >= 0.6 is 23.1 Å². The monoisotopic (exact) mass is 372 g/mol. The highest BCUT2D eigenvalue weighted by Crippen LogP contribution is 2.27. The molecule has 0 bridgehead atoms. The molecule has 0 aliphatic carbocycles. The van der Waals surface area contributed by atoms with Crippen LogP contribution in [-0.2, 0) is 14.3 Å². The minimum absolute atomic E-state index is 0.361. The van der Waals surface area contributed by atoms with Gasteiger partial charge in [-0.25, -0.2) is 4.79 Å². The molecular formula is C18H16N2O3S2. The average Bonchev–Trinajstić information content (AvgIpc) is 3.08. The maximum Gasteiger partial charge on any atom is 0.331 e. The van der Waals surface area contributed by atoms with Crippen molar-refractivity contribution in [3.05, 3.63) is 51.7 Å². The van der Waals surface area contributed by atoms with E-state index in [1.165, 1.54) is 17.4 Å². The Balaban J connectivity index is 1.90. The van der Waals surface area contributed by atoms with E-state index >= 15 is 0 Å². The number of thiophene rings is 1. The zero-order chi connectivity index (χ0) is 18.2. The Kier molecular flexibility index (Phi) is 6.81. The van der Waals surface area contributed by atoms with Crippen LogP contribution in [0.2, 0.25) is 0 Å². The number of benzene rings is 1. The fraction of sp³-hybridized carbons (Fsp3) is 0.167. The molecule has 1 N–H and O–H groups in total. The summed E-state index contributed by atoms with van der Waals surface area (Å²) >= 11 is 2.60. The quantitative estimate of drug-likeness (QED) is 0.357.